The molecule has 104 valence electrons. The summed E-state index contributed by atoms with van der Waals surface area (Å²) in [4.78, 5) is 11.2. The van der Waals surface area contributed by atoms with Crippen LogP contribution in [0.2, 0.25) is 0 Å². The monoisotopic (exact) mass is 279 g/mol. The molecule has 21 heavy (non-hydrogen) atoms. The number of benzene rings is 2. The lowest BCUT2D eigenvalue weighted by atomic mass is 9.90. The Hall–Kier alpha value is -2.64. The van der Waals surface area contributed by atoms with Crippen LogP contribution in [0, 0.1) is 11.3 Å². The summed E-state index contributed by atoms with van der Waals surface area (Å²) in [7, 11) is 0. The normalized spacial score (nSPS) is 14.5. The Morgan fingerprint density at radius 2 is 2.10 bits per heavy atom. The van der Waals surface area contributed by atoms with E-state index in [0.717, 1.165) is 28.3 Å². The maximum atomic E-state index is 11.2. The molecule has 0 unspecified atom stereocenters. The van der Waals surface area contributed by atoms with Crippen LogP contribution in [0.5, 0.6) is 0 Å². The van der Waals surface area contributed by atoms with Gasteiger partial charge >= 0.3 is 5.97 Å². The molecule has 0 radical (unpaired) electrons. The molecular formula is C17H13NO3. The number of fused-ring (bicyclic) bond motifs is 1. The number of carboxylic acid groups (broad SMARTS) is 1. The topological polar surface area (TPSA) is 70.3 Å². The zero-order chi connectivity index (χ0) is 14.8. The quantitative estimate of drug-likeness (QED) is 0.916. The number of nitrogens with zero attached hydrogens (tertiary/aromatic N) is 1. The van der Waals surface area contributed by atoms with Crippen LogP contribution >= 0.6 is 0 Å². The van der Waals surface area contributed by atoms with E-state index in [-0.39, 0.29) is 5.56 Å². The first-order valence-electron chi connectivity index (χ1n) is 6.68. The van der Waals surface area contributed by atoms with Gasteiger partial charge in [0.1, 0.15) is 0 Å². The Labute approximate surface area is 121 Å². The molecule has 1 N–H and O–H groups in total. The lowest BCUT2D eigenvalue weighted by Gasteiger charge is -2.17. The van der Waals surface area contributed by atoms with Gasteiger partial charge in [-0.1, -0.05) is 18.2 Å². The number of carboxylic acids is 1. The van der Waals surface area contributed by atoms with E-state index >= 15 is 0 Å². The summed E-state index contributed by atoms with van der Waals surface area (Å²) < 4.78 is 5.32. The van der Waals surface area contributed by atoms with E-state index in [4.69, 9.17) is 4.74 Å². The average Bonchev–Trinajstić information content (AvgIpc) is 2.53. The third kappa shape index (κ3) is 2.39. The van der Waals surface area contributed by atoms with Gasteiger partial charge in [0.25, 0.3) is 0 Å². The summed E-state index contributed by atoms with van der Waals surface area (Å²) in [6.07, 6.45) is 2.69. The highest BCUT2D eigenvalue weighted by Crippen LogP contribution is 2.32. The number of hydrogen-bond acceptors (Lipinski definition) is 3. The highest BCUT2D eigenvalue weighted by Gasteiger charge is 2.15. The average molecular weight is 279 g/mol. The van der Waals surface area contributed by atoms with Crippen LogP contribution in [0.25, 0.3) is 16.3 Å². The number of rotatable bonds is 2. The van der Waals surface area contributed by atoms with Crippen molar-refractivity contribution in [1.82, 2.24) is 0 Å². The first-order chi connectivity index (χ1) is 10.2. The maximum Gasteiger partial charge on any atom is 0.335 e. The van der Waals surface area contributed by atoms with E-state index < -0.39 is 5.97 Å². The van der Waals surface area contributed by atoms with E-state index in [1.807, 2.05) is 12.1 Å². The number of hydrogen-bond donors (Lipinski definition) is 1. The summed E-state index contributed by atoms with van der Waals surface area (Å²) >= 11 is 0. The van der Waals surface area contributed by atoms with Crippen molar-refractivity contribution in [2.45, 2.75) is 6.42 Å². The third-order valence-corrected chi connectivity index (χ3v) is 3.67. The molecule has 4 nitrogen and oxygen atoms in total. The highest BCUT2D eigenvalue weighted by atomic mass is 16.5. The molecule has 0 spiro atoms. The van der Waals surface area contributed by atoms with Gasteiger partial charge in [-0.3, -0.25) is 0 Å². The van der Waals surface area contributed by atoms with Crippen molar-refractivity contribution in [3.63, 3.8) is 0 Å². The van der Waals surface area contributed by atoms with Crippen molar-refractivity contribution >= 4 is 22.3 Å². The third-order valence-electron chi connectivity index (χ3n) is 3.67. The zero-order valence-electron chi connectivity index (χ0n) is 11.3. The maximum absolute atomic E-state index is 11.2. The molecule has 2 aromatic carbocycles. The number of nitriles is 1. The Balaban J connectivity index is 2.32. The summed E-state index contributed by atoms with van der Waals surface area (Å²) in [6.45, 7) is 1.14. The predicted molar refractivity (Wildman–Crippen MR) is 79.0 cm³/mol. The zero-order valence-corrected chi connectivity index (χ0v) is 11.3. The summed E-state index contributed by atoms with van der Waals surface area (Å²) in [5.41, 5.74) is 2.68. The van der Waals surface area contributed by atoms with E-state index in [1.165, 1.54) is 0 Å². The molecule has 0 amide bonds. The van der Waals surface area contributed by atoms with Gasteiger partial charge in [0.15, 0.2) is 0 Å². The van der Waals surface area contributed by atoms with E-state index in [9.17, 15) is 15.2 Å². The van der Waals surface area contributed by atoms with Gasteiger partial charge in [0, 0.05) is 5.56 Å². The molecule has 0 aliphatic carbocycles. The lowest BCUT2D eigenvalue weighted by Crippen LogP contribution is -2.06. The minimum Gasteiger partial charge on any atom is -0.478 e. The van der Waals surface area contributed by atoms with E-state index in [1.54, 1.807) is 24.3 Å². The molecule has 1 heterocycles. The molecule has 1 aliphatic heterocycles. The minimum absolute atomic E-state index is 0.228. The summed E-state index contributed by atoms with van der Waals surface area (Å²) in [5.74, 6) is -0.967. The van der Waals surface area contributed by atoms with E-state index in [2.05, 4.69) is 6.07 Å². The molecule has 2 aromatic rings. The fraction of sp³-hybridized carbons (Fsp3) is 0.176. The van der Waals surface area contributed by atoms with Crippen LogP contribution in [-0.4, -0.2) is 24.3 Å². The second-order valence-corrected chi connectivity index (χ2v) is 4.90. The molecule has 0 aromatic heterocycles. The SMILES string of the molecule is N#Cc1ccc2ccc(C(=O)O)cc2c1C1=CCOCC1. The molecule has 1 aliphatic rings. The Morgan fingerprint density at radius 3 is 2.76 bits per heavy atom. The Morgan fingerprint density at radius 1 is 1.29 bits per heavy atom. The Kier molecular flexibility index (Phi) is 3.43. The van der Waals surface area contributed by atoms with Gasteiger partial charge in [0.2, 0.25) is 0 Å². The van der Waals surface area contributed by atoms with Gasteiger partial charge < -0.3 is 9.84 Å². The van der Waals surface area contributed by atoms with Crippen LogP contribution in [-0.2, 0) is 4.74 Å². The van der Waals surface area contributed by atoms with E-state index in [0.29, 0.717) is 18.8 Å². The largest absolute Gasteiger partial charge is 0.478 e. The van der Waals surface area contributed by atoms with Crippen molar-refractivity contribution in [2.24, 2.45) is 0 Å². The number of aromatic carboxylic acids is 1. The molecule has 0 saturated heterocycles. The first-order valence-corrected chi connectivity index (χ1v) is 6.68. The summed E-state index contributed by atoms with van der Waals surface area (Å²) in [6, 6.07) is 10.8. The predicted octanol–water partition coefficient (Wildman–Crippen LogP) is 3.21. The molecular weight excluding hydrogens is 266 g/mol. The van der Waals surface area contributed by atoms with Crippen LogP contribution < -0.4 is 0 Å². The molecule has 0 atom stereocenters. The first kappa shape index (κ1) is 13.3. The van der Waals surface area contributed by atoms with Crippen molar-refractivity contribution in [2.75, 3.05) is 13.2 Å². The standard InChI is InChI=1S/C17H13NO3/c18-10-14-4-2-11-1-3-13(17(19)20)9-15(11)16(14)12-5-7-21-8-6-12/h1-5,9H,6-8H2,(H,19,20). The van der Waals surface area contributed by atoms with Gasteiger partial charge in [-0.2, -0.15) is 5.26 Å². The van der Waals surface area contributed by atoms with Crippen LogP contribution in [0.4, 0.5) is 0 Å². The molecule has 0 bridgehead atoms. The smallest absolute Gasteiger partial charge is 0.335 e. The van der Waals surface area contributed by atoms with Crippen molar-refractivity contribution in [3.05, 3.63) is 53.1 Å². The van der Waals surface area contributed by atoms with Gasteiger partial charge in [-0.25, -0.2) is 4.79 Å². The van der Waals surface area contributed by atoms with Crippen LogP contribution in [0.15, 0.2) is 36.4 Å². The van der Waals surface area contributed by atoms with Crippen LogP contribution in [0.3, 0.4) is 0 Å². The van der Waals surface area contributed by atoms with Crippen molar-refractivity contribution in [3.8, 4) is 6.07 Å². The Bertz CT molecular complexity index is 800. The van der Waals surface area contributed by atoms with Crippen molar-refractivity contribution in [1.29, 1.82) is 5.26 Å². The minimum atomic E-state index is -0.967. The molecule has 0 saturated carbocycles. The lowest BCUT2D eigenvalue weighted by molar-refractivity contribution is 0.0697. The molecule has 3 rings (SSSR count). The second kappa shape index (κ2) is 5.39. The van der Waals surface area contributed by atoms with Crippen molar-refractivity contribution < 1.29 is 14.6 Å². The van der Waals surface area contributed by atoms with Crippen LogP contribution in [0.1, 0.15) is 27.9 Å². The van der Waals surface area contributed by atoms with Gasteiger partial charge in [-0.15, -0.1) is 0 Å². The number of ether oxygens (including phenoxy) is 1. The van der Waals surface area contributed by atoms with Gasteiger partial charge in [-0.05, 0) is 41.0 Å². The molecule has 0 fully saturated rings. The fourth-order valence-electron chi connectivity index (χ4n) is 2.65. The number of carbonyl (C=O) groups is 1. The summed E-state index contributed by atoms with van der Waals surface area (Å²) in [5, 5.41) is 20.3. The highest BCUT2D eigenvalue weighted by molar-refractivity contribution is 6.00. The fourth-order valence-corrected chi connectivity index (χ4v) is 2.65. The van der Waals surface area contributed by atoms with Gasteiger partial charge in [0.05, 0.1) is 30.4 Å². The second-order valence-electron chi connectivity index (χ2n) is 4.90. The molecule has 4 heteroatoms.